The Kier molecular flexibility index (Phi) is 12.0. The van der Waals surface area contributed by atoms with Gasteiger partial charge >= 0.3 is 0 Å². The van der Waals surface area contributed by atoms with Crippen molar-refractivity contribution in [2.24, 2.45) is 0 Å². The van der Waals surface area contributed by atoms with Crippen LogP contribution in [-0.4, -0.2) is 20.8 Å². The summed E-state index contributed by atoms with van der Waals surface area (Å²) in [5.74, 6) is 2.31. The number of hydrogen-bond donors (Lipinski definition) is 0. The molecule has 424 valence electrons. The van der Waals surface area contributed by atoms with Crippen LogP contribution >= 0.6 is 0 Å². The zero-order valence-electron chi connectivity index (χ0n) is 49.7. The maximum Gasteiger partial charge on any atom is 0.137 e. The first kappa shape index (κ1) is 52.1. The molecule has 0 saturated carbocycles. The number of ether oxygens (including phenoxy) is 1. The number of para-hydroxylation sites is 5. The molecule has 6 heteroatoms. The third-order valence-corrected chi connectivity index (χ3v) is 18.7. The first-order chi connectivity index (χ1) is 43.8. The van der Waals surface area contributed by atoms with Gasteiger partial charge in [0.05, 0.1) is 44.5 Å². The van der Waals surface area contributed by atoms with Crippen molar-refractivity contribution in [1.29, 1.82) is 0 Å². The fraction of sp³-hybridized carbons (Fsp3) is 0.0723. The van der Waals surface area contributed by atoms with E-state index in [1.54, 1.807) is 0 Å². The van der Waals surface area contributed by atoms with Crippen molar-refractivity contribution < 1.29 is 4.74 Å². The zero-order valence-corrected chi connectivity index (χ0v) is 49.7. The monoisotopic (exact) mass is 1140 g/mol. The zero-order chi connectivity index (χ0) is 59.4. The molecule has 15 aromatic rings. The molecule has 0 bridgehead atoms. The van der Waals surface area contributed by atoms with E-state index in [1.807, 2.05) is 6.20 Å². The number of aromatic nitrogens is 3. The van der Waals surface area contributed by atoms with Crippen LogP contribution in [0.2, 0.25) is 0 Å². The molecule has 6 nitrogen and oxygen atoms in total. The molecule has 89 heavy (non-hydrogen) atoms. The molecule has 0 N–H and O–H groups in total. The van der Waals surface area contributed by atoms with E-state index in [0.717, 1.165) is 95.4 Å². The first-order valence-corrected chi connectivity index (χ1v) is 30.8. The summed E-state index contributed by atoms with van der Waals surface area (Å²) in [7, 11) is 0. The van der Waals surface area contributed by atoms with E-state index in [0.29, 0.717) is 6.67 Å². The molecule has 0 unspecified atom stereocenters. The Hall–Kier alpha value is -11.2. The van der Waals surface area contributed by atoms with Gasteiger partial charge in [0.2, 0.25) is 0 Å². The number of anilines is 4. The van der Waals surface area contributed by atoms with Gasteiger partial charge in [-0.25, -0.2) is 4.98 Å². The number of pyridine rings is 1. The predicted molar refractivity (Wildman–Crippen MR) is 368 cm³/mol. The van der Waals surface area contributed by atoms with E-state index in [4.69, 9.17) is 9.72 Å². The minimum Gasteiger partial charge on any atom is -0.457 e. The smallest absolute Gasteiger partial charge is 0.137 e. The topological polar surface area (TPSA) is 38.5 Å². The summed E-state index contributed by atoms with van der Waals surface area (Å²) in [5.41, 5.74) is 22.7. The van der Waals surface area contributed by atoms with E-state index in [9.17, 15) is 0 Å². The second-order valence-electron chi connectivity index (χ2n) is 24.7. The SMILES string of the molecule is CC(C)(C)c1ccc(C2(c3ccnc(-n4c5ccccc5c5ccc(Oc6cccc(N7CN(c8c(-c9ccccc9)cc(-n9c%10ccccc%10c%10ccccc%109)cc8-c8ccccc8)c8ccccc87)c6)cc54)c3)c3ccccc3-c3ccccc32)cc1. The number of fused-ring (bicyclic) bond motifs is 10. The number of hydrogen-bond acceptors (Lipinski definition) is 4. The number of nitrogens with zero attached hydrogens (tertiary/aromatic N) is 5. The Labute approximate surface area is 518 Å². The van der Waals surface area contributed by atoms with Gasteiger partial charge < -0.3 is 19.1 Å². The molecule has 0 radical (unpaired) electrons. The van der Waals surface area contributed by atoms with Crippen LogP contribution < -0.4 is 14.5 Å². The summed E-state index contributed by atoms with van der Waals surface area (Å²) >= 11 is 0. The summed E-state index contributed by atoms with van der Waals surface area (Å²) in [6, 6.07) is 108. The van der Waals surface area contributed by atoms with E-state index >= 15 is 0 Å². The van der Waals surface area contributed by atoms with Gasteiger partial charge in [-0.05, 0) is 134 Å². The molecule has 0 amide bonds. The molecule has 0 spiro atoms. The van der Waals surface area contributed by atoms with Gasteiger partial charge in [0.25, 0.3) is 0 Å². The molecule has 0 atom stereocenters. The van der Waals surface area contributed by atoms with Gasteiger partial charge in [-0.2, -0.15) is 0 Å². The van der Waals surface area contributed by atoms with Crippen molar-refractivity contribution in [2.45, 2.75) is 31.6 Å². The number of benzene rings is 12. The highest BCUT2D eigenvalue weighted by atomic mass is 16.5. The van der Waals surface area contributed by atoms with Crippen LogP contribution in [0.15, 0.2) is 303 Å². The van der Waals surface area contributed by atoms with Crippen molar-refractivity contribution in [3.8, 4) is 56.4 Å². The Balaban J connectivity index is 0.765. The van der Waals surface area contributed by atoms with Crippen LogP contribution in [0.5, 0.6) is 11.5 Å². The quantitative estimate of drug-likeness (QED) is 0.137. The average molecular weight is 1140 g/mol. The lowest BCUT2D eigenvalue weighted by Gasteiger charge is -2.34. The van der Waals surface area contributed by atoms with Crippen LogP contribution in [0.1, 0.15) is 48.6 Å². The first-order valence-electron chi connectivity index (χ1n) is 30.8. The molecular weight excluding hydrogens is 1080 g/mol. The molecule has 0 saturated heterocycles. The fourth-order valence-electron chi connectivity index (χ4n) is 14.7. The Morgan fingerprint density at radius 3 is 1.49 bits per heavy atom. The van der Waals surface area contributed by atoms with E-state index < -0.39 is 5.41 Å². The fourth-order valence-corrected chi connectivity index (χ4v) is 14.7. The van der Waals surface area contributed by atoms with Gasteiger partial charge in [0.15, 0.2) is 0 Å². The summed E-state index contributed by atoms with van der Waals surface area (Å²) < 4.78 is 11.8. The molecule has 1 aliphatic carbocycles. The van der Waals surface area contributed by atoms with Gasteiger partial charge in [-0.3, -0.25) is 4.57 Å². The van der Waals surface area contributed by atoms with Gasteiger partial charge in [-0.15, -0.1) is 0 Å². The van der Waals surface area contributed by atoms with Crippen molar-refractivity contribution in [2.75, 3.05) is 16.5 Å². The summed E-state index contributed by atoms with van der Waals surface area (Å²) in [5, 5.41) is 4.74. The second-order valence-corrected chi connectivity index (χ2v) is 24.7. The molecule has 12 aromatic carbocycles. The summed E-state index contributed by atoms with van der Waals surface area (Å²) in [6.07, 6.45) is 2.00. The van der Waals surface area contributed by atoms with Crippen molar-refractivity contribution in [3.05, 3.63) is 331 Å². The Bertz CT molecular complexity index is 5110. The minimum absolute atomic E-state index is 0.0122. The van der Waals surface area contributed by atoms with Crippen LogP contribution in [0.25, 0.3) is 88.5 Å². The maximum absolute atomic E-state index is 7.05. The molecule has 17 rings (SSSR count). The third kappa shape index (κ3) is 8.28. The van der Waals surface area contributed by atoms with Crippen LogP contribution in [0.3, 0.4) is 0 Å². The molecule has 1 aliphatic heterocycles. The highest BCUT2D eigenvalue weighted by Crippen LogP contribution is 2.57. The van der Waals surface area contributed by atoms with Gasteiger partial charge in [0, 0.05) is 62.4 Å². The lowest BCUT2D eigenvalue weighted by molar-refractivity contribution is 0.483. The molecule has 2 aliphatic rings. The maximum atomic E-state index is 7.05. The van der Waals surface area contributed by atoms with Crippen LogP contribution in [-0.2, 0) is 10.8 Å². The highest BCUT2D eigenvalue weighted by molar-refractivity contribution is 6.11. The van der Waals surface area contributed by atoms with Crippen molar-refractivity contribution in [1.82, 2.24) is 14.1 Å². The Morgan fingerprint density at radius 2 is 0.888 bits per heavy atom. The normalized spacial score (nSPS) is 13.3. The molecule has 0 fully saturated rings. The third-order valence-electron chi connectivity index (χ3n) is 18.7. The molecule has 4 heterocycles. The summed E-state index contributed by atoms with van der Waals surface area (Å²) in [6.45, 7) is 7.41. The molecule has 3 aromatic heterocycles. The molecular formula is C83H61N5O. The van der Waals surface area contributed by atoms with Crippen LogP contribution in [0, 0.1) is 0 Å². The standard InChI is InChI=1S/C83H61N5O/c1-82(2,3)57-41-43-58(44-42-57)83(72-34-15-10-29-64(72)65-30-11-16-35-73(65)83)59-47-48-84-80(49-59)88-76-38-19-14-33-68(76)69-46-45-63(53-79(69)88)89-62-28-22-27-60(50-62)85-54-86(78-40-21-20-39-77(78)85)81-70(55-23-6-4-7-24-55)51-61(52-71(81)56-25-8-5-9-26-56)87-74-36-17-12-31-66(74)67-32-13-18-37-75(67)87/h4-53H,54H2,1-3H3. The van der Waals surface area contributed by atoms with E-state index in [1.165, 1.54) is 55.2 Å². The van der Waals surface area contributed by atoms with Crippen molar-refractivity contribution in [3.63, 3.8) is 0 Å². The van der Waals surface area contributed by atoms with Crippen molar-refractivity contribution >= 4 is 66.4 Å². The summed E-state index contributed by atoms with van der Waals surface area (Å²) in [4.78, 5) is 10.2. The predicted octanol–water partition coefficient (Wildman–Crippen LogP) is 21.3. The van der Waals surface area contributed by atoms with Gasteiger partial charge in [-0.1, -0.05) is 227 Å². The largest absolute Gasteiger partial charge is 0.457 e. The van der Waals surface area contributed by atoms with Gasteiger partial charge in [0.1, 0.15) is 24.0 Å². The van der Waals surface area contributed by atoms with E-state index in [2.05, 4.69) is 337 Å². The lowest BCUT2D eigenvalue weighted by atomic mass is 9.67. The average Bonchev–Trinajstić information content (AvgIpc) is 1.76. The second kappa shape index (κ2) is 20.5. The van der Waals surface area contributed by atoms with E-state index in [-0.39, 0.29) is 5.41 Å². The minimum atomic E-state index is -0.598. The van der Waals surface area contributed by atoms with Crippen LogP contribution in [0.4, 0.5) is 22.7 Å². The number of rotatable bonds is 10. The lowest BCUT2D eigenvalue weighted by Crippen LogP contribution is -2.29. The highest BCUT2D eigenvalue weighted by Gasteiger charge is 2.46. The Morgan fingerprint density at radius 1 is 0.371 bits per heavy atom.